The maximum atomic E-state index is 13.6. The molecule has 1 fully saturated rings. The SMILES string of the molecule is O=C(c1ccc(Cl)cc1)N(Cc1cccn1Cc1cccc(F)c1)C1CCCCC1. The number of hydrogen-bond acceptors (Lipinski definition) is 1. The molecule has 1 heterocycles. The summed E-state index contributed by atoms with van der Waals surface area (Å²) in [7, 11) is 0. The van der Waals surface area contributed by atoms with Gasteiger partial charge in [-0.25, -0.2) is 4.39 Å². The summed E-state index contributed by atoms with van der Waals surface area (Å²) in [6.45, 7) is 1.11. The second-order valence-corrected chi connectivity index (χ2v) is 8.43. The van der Waals surface area contributed by atoms with Gasteiger partial charge in [0.25, 0.3) is 5.91 Å². The molecule has 1 amide bonds. The maximum absolute atomic E-state index is 13.6. The number of nitrogens with zero attached hydrogens (tertiary/aromatic N) is 2. The van der Waals surface area contributed by atoms with E-state index in [2.05, 4.69) is 4.57 Å². The maximum Gasteiger partial charge on any atom is 0.254 e. The molecule has 0 radical (unpaired) electrons. The van der Waals surface area contributed by atoms with Crippen molar-refractivity contribution in [1.29, 1.82) is 0 Å². The molecule has 1 aliphatic rings. The lowest BCUT2D eigenvalue weighted by atomic mass is 9.93. The first-order chi connectivity index (χ1) is 14.6. The average Bonchev–Trinajstić information content (AvgIpc) is 3.19. The van der Waals surface area contributed by atoms with Crippen LogP contribution in [0.3, 0.4) is 0 Å². The van der Waals surface area contributed by atoms with Crippen molar-refractivity contribution < 1.29 is 9.18 Å². The van der Waals surface area contributed by atoms with E-state index >= 15 is 0 Å². The van der Waals surface area contributed by atoms with Gasteiger partial charge in [-0.1, -0.05) is 43.0 Å². The second kappa shape index (κ2) is 9.48. The molecule has 2 aromatic carbocycles. The van der Waals surface area contributed by atoms with E-state index in [9.17, 15) is 9.18 Å². The molecule has 1 aromatic heterocycles. The number of halogens is 2. The van der Waals surface area contributed by atoms with Crippen LogP contribution in [0.5, 0.6) is 0 Å². The molecule has 0 aliphatic heterocycles. The number of benzene rings is 2. The third-order valence-electron chi connectivity index (χ3n) is 5.87. The molecule has 0 bridgehead atoms. The molecule has 0 atom stereocenters. The van der Waals surface area contributed by atoms with Crippen LogP contribution in [-0.4, -0.2) is 21.4 Å². The fourth-order valence-corrected chi connectivity index (χ4v) is 4.40. The van der Waals surface area contributed by atoms with E-state index in [1.807, 2.05) is 29.3 Å². The molecule has 1 aliphatic carbocycles. The van der Waals surface area contributed by atoms with Gasteiger partial charge in [0.1, 0.15) is 5.82 Å². The molecule has 156 valence electrons. The summed E-state index contributed by atoms with van der Waals surface area (Å²) in [6, 6.07) is 18.1. The predicted molar refractivity (Wildman–Crippen MR) is 118 cm³/mol. The van der Waals surface area contributed by atoms with Gasteiger partial charge in [-0.15, -0.1) is 0 Å². The Morgan fingerprint density at radius 1 is 1.03 bits per heavy atom. The summed E-state index contributed by atoms with van der Waals surface area (Å²) in [4.78, 5) is 15.4. The number of rotatable bonds is 6. The number of carbonyl (C=O) groups excluding carboxylic acids is 1. The van der Waals surface area contributed by atoms with Crippen molar-refractivity contribution in [1.82, 2.24) is 9.47 Å². The number of aromatic nitrogens is 1. The lowest BCUT2D eigenvalue weighted by Gasteiger charge is -2.35. The van der Waals surface area contributed by atoms with Crippen molar-refractivity contribution in [2.45, 2.75) is 51.2 Å². The van der Waals surface area contributed by atoms with Gasteiger partial charge in [0.05, 0.1) is 6.54 Å². The topological polar surface area (TPSA) is 25.2 Å². The van der Waals surface area contributed by atoms with Crippen LogP contribution in [0.15, 0.2) is 66.9 Å². The summed E-state index contributed by atoms with van der Waals surface area (Å²) >= 11 is 6.01. The van der Waals surface area contributed by atoms with Gasteiger partial charge in [-0.05, 0) is 66.9 Å². The second-order valence-electron chi connectivity index (χ2n) is 7.99. The minimum Gasteiger partial charge on any atom is -0.345 e. The van der Waals surface area contributed by atoms with Gasteiger partial charge >= 0.3 is 0 Å². The van der Waals surface area contributed by atoms with Crippen molar-refractivity contribution in [3.05, 3.63) is 94.5 Å². The first-order valence-electron chi connectivity index (χ1n) is 10.5. The van der Waals surface area contributed by atoms with E-state index in [0.717, 1.165) is 36.9 Å². The lowest BCUT2D eigenvalue weighted by Crippen LogP contribution is -2.41. The Morgan fingerprint density at radius 3 is 2.53 bits per heavy atom. The summed E-state index contributed by atoms with van der Waals surface area (Å²) < 4.78 is 15.7. The summed E-state index contributed by atoms with van der Waals surface area (Å²) in [5, 5.41) is 0.625. The lowest BCUT2D eigenvalue weighted by molar-refractivity contribution is 0.0608. The van der Waals surface area contributed by atoms with Gasteiger partial charge in [0.15, 0.2) is 0 Å². The zero-order chi connectivity index (χ0) is 20.9. The quantitative estimate of drug-likeness (QED) is 0.455. The van der Waals surface area contributed by atoms with Crippen molar-refractivity contribution in [3.8, 4) is 0 Å². The monoisotopic (exact) mass is 424 g/mol. The van der Waals surface area contributed by atoms with Crippen LogP contribution in [-0.2, 0) is 13.1 Å². The Hall–Kier alpha value is -2.59. The van der Waals surface area contributed by atoms with Crippen molar-refractivity contribution in [2.24, 2.45) is 0 Å². The minimum absolute atomic E-state index is 0.0390. The Labute approximate surface area is 182 Å². The van der Waals surface area contributed by atoms with Crippen LogP contribution >= 0.6 is 11.6 Å². The summed E-state index contributed by atoms with van der Waals surface area (Å²) in [6.07, 6.45) is 7.59. The van der Waals surface area contributed by atoms with Crippen molar-refractivity contribution in [2.75, 3.05) is 0 Å². The normalized spacial score (nSPS) is 14.6. The molecule has 3 nitrogen and oxygen atoms in total. The van der Waals surface area contributed by atoms with Crippen LogP contribution in [0.1, 0.15) is 53.7 Å². The van der Waals surface area contributed by atoms with Crippen LogP contribution in [0.2, 0.25) is 5.02 Å². The molecule has 3 aromatic rings. The Bertz CT molecular complexity index is 992. The number of amides is 1. The fourth-order valence-electron chi connectivity index (χ4n) is 4.27. The van der Waals surface area contributed by atoms with Gasteiger partial charge in [-0.2, -0.15) is 0 Å². The van der Waals surface area contributed by atoms with Crippen molar-refractivity contribution >= 4 is 17.5 Å². The van der Waals surface area contributed by atoms with Crippen LogP contribution < -0.4 is 0 Å². The van der Waals surface area contributed by atoms with Gasteiger partial charge < -0.3 is 9.47 Å². The molecular weight excluding hydrogens is 399 g/mol. The van der Waals surface area contributed by atoms with E-state index in [-0.39, 0.29) is 17.8 Å². The molecule has 5 heteroatoms. The van der Waals surface area contributed by atoms with Gasteiger partial charge in [0.2, 0.25) is 0 Å². The highest BCUT2D eigenvalue weighted by atomic mass is 35.5. The fraction of sp³-hybridized carbons (Fsp3) is 0.320. The van der Waals surface area contributed by atoms with E-state index < -0.39 is 0 Å². The van der Waals surface area contributed by atoms with E-state index in [1.165, 1.54) is 12.5 Å². The molecule has 0 saturated heterocycles. The highest BCUT2D eigenvalue weighted by Crippen LogP contribution is 2.26. The average molecular weight is 425 g/mol. The van der Waals surface area contributed by atoms with Crippen LogP contribution in [0.25, 0.3) is 0 Å². The minimum atomic E-state index is -0.233. The molecule has 0 spiro atoms. The zero-order valence-corrected chi connectivity index (χ0v) is 17.7. The van der Waals surface area contributed by atoms with E-state index in [1.54, 1.807) is 36.4 Å². The molecule has 30 heavy (non-hydrogen) atoms. The van der Waals surface area contributed by atoms with E-state index in [0.29, 0.717) is 23.7 Å². The Morgan fingerprint density at radius 2 is 1.80 bits per heavy atom. The van der Waals surface area contributed by atoms with Gasteiger partial charge in [0, 0.05) is 35.1 Å². The molecular formula is C25H26ClFN2O. The summed E-state index contributed by atoms with van der Waals surface area (Å²) in [5.41, 5.74) is 2.61. The zero-order valence-electron chi connectivity index (χ0n) is 16.9. The Balaban J connectivity index is 1.58. The van der Waals surface area contributed by atoms with Crippen LogP contribution in [0, 0.1) is 5.82 Å². The highest BCUT2D eigenvalue weighted by Gasteiger charge is 2.27. The largest absolute Gasteiger partial charge is 0.345 e. The highest BCUT2D eigenvalue weighted by molar-refractivity contribution is 6.30. The van der Waals surface area contributed by atoms with Gasteiger partial charge in [-0.3, -0.25) is 4.79 Å². The number of carbonyl (C=O) groups is 1. The third-order valence-corrected chi connectivity index (χ3v) is 6.12. The molecule has 0 N–H and O–H groups in total. The molecule has 0 unspecified atom stereocenters. The molecule has 4 rings (SSSR count). The standard InChI is InChI=1S/C25H26ClFN2O/c26-21-13-11-20(12-14-21)25(30)29(23-8-2-1-3-9-23)18-24-10-5-15-28(24)17-19-6-4-7-22(27)16-19/h4-7,10-16,23H,1-3,8-9,17-18H2. The Kier molecular flexibility index (Phi) is 6.53. The predicted octanol–water partition coefficient (Wildman–Crippen LogP) is 6.30. The van der Waals surface area contributed by atoms with Crippen LogP contribution in [0.4, 0.5) is 4.39 Å². The van der Waals surface area contributed by atoms with E-state index in [4.69, 9.17) is 11.6 Å². The van der Waals surface area contributed by atoms with Crippen molar-refractivity contribution in [3.63, 3.8) is 0 Å². The third kappa shape index (κ3) is 4.93. The number of hydrogen-bond donors (Lipinski definition) is 0. The first-order valence-corrected chi connectivity index (χ1v) is 10.9. The first kappa shape index (κ1) is 20.7. The summed E-state index contributed by atoms with van der Waals surface area (Å²) in [5.74, 6) is -0.194. The molecule has 1 saturated carbocycles. The smallest absolute Gasteiger partial charge is 0.254 e.